The molecule has 0 amide bonds. The molecule has 16 heavy (non-hydrogen) atoms. The summed E-state index contributed by atoms with van der Waals surface area (Å²) < 4.78 is 0. The Kier molecular flexibility index (Phi) is 4.16. The maximum atomic E-state index is 12.1. The topological polar surface area (TPSA) is 17.1 Å². The molecule has 0 aliphatic heterocycles. The van der Waals surface area contributed by atoms with Crippen LogP contribution in [-0.2, 0) is 6.42 Å². The number of Topliss-reactive ketones (excluding diaryl/α,β-unsaturated/α-hetero) is 1. The van der Waals surface area contributed by atoms with Gasteiger partial charge in [-0.1, -0.05) is 39.0 Å². The molecule has 1 nitrogen and oxygen atoms in total. The van der Waals surface area contributed by atoms with Gasteiger partial charge in [-0.25, -0.2) is 0 Å². The van der Waals surface area contributed by atoms with E-state index in [9.17, 15) is 4.79 Å². The van der Waals surface area contributed by atoms with Crippen LogP contribution < -0.4 is 0 Å². The van der Waals surface area contributed by atoms with Crippen LogP contribution in [-0.4, -0.2) is 5.78 Å². The Morgan fingerprint density at radius 3 is 2.69 bits per heavy atom. The Bertz CT molecular complexity index is 347. The summed E-state index contributed by atoms with van der Waals surface area (Å²) in [5, 5.41) is 0. The van der Waals surface area contributed by atoms with Gasteiger partial charge in [0.15, 0.2) is 5.78 Å². The summed E-state index contributed by atoms with van der Waals surface area (Å²) in [7, 11) is 0. The fourth-order valence-corrected chi connectivity index (χ4v) is 3.37. The molecule has 1 aliphatic carbocycles. The summed E-state index contributed by atoms with van der Waals surface area (Å²) >= 11 is 1.68. The molecule has 0 atom stereocenters. The smallest absolute Gasteiger partial charge is 0.173 e. The van der Waals surface area contributed by atoms with Gasteiger partial charge in [-0.3, -0.25) is 4.79 Å². The van der Waals surface area contributed by atoms with E-state index in [-0.39, 0.29) is 0 Å². The third-order valence-electron chi connectivity index (χ3n) is 3.48. The lowest BCUT2D eigenvalue weighted by Gasteiger charge is -2.20. The van der Waals surface area contributed by atoms with Crippen molar-refractivity contribution in [2.75, 3.05) is 0 Å². The number of ketones is 1. The van der Waals surface area contributed by atoms with Crippen LogP contribution in [0.5, 0.6) is 0 Å². The van der Waals surface area contributed by atoms with Gasteiger partial charge in [-0.05, 0) is 24.5 Å². The summed E-state index contributed by atoms with van der Waals surface area (Å²) in [6.07, 6.45) is 8.36. The van der Waals surface area contributed by atoms with Gasteiger partial charge >= 0.3 is 0 Å². The summed E-state index contributed by atoms with van der Waals surface area (Å²) in [6.45, 7) is 2.14. The molecule has 0 bridgehead atoms. The van der Waals surface area contributed by atoms with E-state index in [0.29, 0.717) is 11.7 Å². The van der Waals surface area contributed by atoms with E-state index in [4.69, 9.17) is 0 Å². The van der Waals surface area contributed by atoms with Gasteiger partial charge < -0.3 is 0 Å². The van der Waals surface area contributed by atoms with Crippen LogP contribution >= 0.6 is 11.3 Å². The first-order valence-corrected chi connectivity index (χ1v) is 7.23. The Morgan fingerprint density at radius 1 is 1.31 bits per heavy atom. The van der Waals surface area contributed by atoms with E-state index < -0.39 is 0 Å². The second-order valence-electron chi connectivity index (χ2n) is 4.75. The van der Waals surface area contributed by atoms with Crippen molar-refractivity contribution in [2.45, 2.75) is 51.9 Å². The highest BCUT2D eigenvalue weighted by molar-refractivity contribution is 7.14. The number of thiophene rings is 1. The SMILES string of the molecule is CCc1ccc(C(=O)CC2CCCCC2)s1. The highest BCUT2D eigenvalue weighted by Crippen LogP contribution is 2.28. The second kappa shape index (κ2) is 5.62. The van der Waals surface area contributed by atoms with Gasteiger partial charge in [0.25, 0.3) is 0 Å². The highest BCUT2D eigenvalue weighted by atomic mass is 32.1. The Morgan fingerprint density at radius 2 is 2.06 bits per heavy atom. The predicted octanol–water partition coefficient (Wildman–Crippen LogP) is 4.46. The largest absolute Gasteiger partial charge is 0.293 e. The molecule has 0 spiro atoms. The van der Waals surface area contributed by atoms with E-state index in [1.807, 2.05) is 6.07 Å². The van der Waals surface area contributed by atoms with Crippen molar-refractivity contribution in [1.29, 1.82) is 0 Å². The van der Waals surface area contributed by atoms with Gasteiger partial charge in [-0.15, -0.1) is 11.3 Å². The van der Waals surface area contributed by atoms with E-state index in [1.165, 1.54) is 37.0 Å². The average Bonchev–Trinajstić information content (AvgIpc) is 2.79. The Balaban J connectivity index is 1.91. The fourth-order valence-electron chi connectivity index (χ4n) is 2.47. The van der Waals surface area contributed by atoms with Crippen molar-refractivity contribution in [3.05, 3.63) is 21.9 Å². The number of carbonyl (C=O) groups is 1. The number of hydrogen-bond acceptors (Lipinski definition) is 2. The molecule has 1 aliphatic rings. The Labute approximate surface area is 102 Å². The zero-order chi connectivity index (χ0) is 11.4. The van der Waals surface area contributed by atoms with E-state index in [2.05, 4.69) is 13.0 Å². The van der Waals surface area contributed by atoms with Crippen LogP contribution in [0.15, 0.2) is 12.1 Å². The van der Waals surface area contributed by atoms with Crippen molar-refractivity contribution in [3.63, 3.8) is 0 Å². The van der Waals surface area contributed by atoms with Crippen LogP contribution in [0.3, 0.4) is 0 Å². The molecule has 88 valence electrons. The first-order chi connectivity index (χ1) is 7.79. The molecule has 2 heteroatoms. The molecular formula is C14H20OS. The van der Waals surface area contributed by atoms with Crippen LogP contribution in [0.4, 0.5) is 0 Å². The van der Waals surface area contributed by atoms with Gasteiger partial charge in [0.1, 0.15) is 0 Å². The first-order valence-electron chi connectivity index (χ1n) is 6.41. The van der Waals surface area contributed by atoms with Crippen molar-refractivity contribution in [2.24, 2.45) is 5.92 Å². The van der Waals surface area contributed by atoms with E-state index in [0.717, 1.165) is 17.7 Å². The zero-order valence-corrected chi connectivity index (χ0v) is 10.8. The minimum Gasteiger partial charge on any atom is -0.293 e. The summed E-state index contributed by atoms with van der Waals surface area (Å²) in [5.74, 6) is 1.03. The quantitative estimate of drug-likeness (QED) is 0.705. The van der Waals surface area contributed by atoms with Crippen LogP contribution in [0, 0.1) is 5.92 Å². The predicted molar refractivity (Wildman–Crippen MR) is 69.2 cm³/mol. The van der Waals surface area contributed by atoms with Gasteiger partial charge in [-0.2, -0.15) is 0 Å². The van der Waals surface area contributed by atoms with Gasteiger partial charge in [0.2, 0.25) is 0 Å². The highest BCUT2D eigenvalue weighted by Gasteiger charge is 2.18. The second-order valence-corrected chi connectivity index (χ2v) is 5.92. The molecular weight excluding hydrogens is 216 g/mol. The Hall–Kier alpha value is -0.630. The van der Waals surface area contributed by atoms with E-state index >= 15 is 0 Å². The molecule has 1 aromatic heterocycles. The minimum absolute atomic E-state index is 0.372. The molecule has 1 aromatic rings. The van der Waals surface area contributed by atoms with Crippen LogP contribution in [0.25, 0.3) is 0 Å². The number of carbonyl (C=O) groups excluding carboxylic acids is 1. The lowest BCUT2D eigenvalue weighted by Crippen LogP contribution is -2.11. The average molecular weight is 236 g/mol. The minimum atomic E-state index is 0.372. The summed E-state index contributed by atoms with van der Waals surface area (Å²) in [5.41, 5.74) is 0. The molecule has 1 fully saturated rings. The van der Waals surface area contributed by atoms with Crippen molar-refractivity contribution < 1.29 is 4.79 Å². The maximum absolute atomic E-state index is 12.1. The zero-order valence-electron chi connectivity index (χ0n) is 10.00. The normalized spacial score (nSPS) is 17.6. The molecule has 1 saturated carbocycles. The molecule has 0 saturated heterocycles. The van der Waals surface area contributed by atoms with Gasteiger partial charge in [0, 0.05) is 11.3 Å². The van der Waals surface area contributed by atoms with E-state index in [1.54, 1.807) is 11.3 Å². The molecule has 0 aromatic carbocycles. The third-order valence-corrected chi connectivity index (χ3v) is 4.75. The molecule has 0 unspecified atom stereocenters. The molecule has 0 radical (unpaired) electrons. The van der Waals surface area contributed by atoms with Crippen LogP contribution in [0.2, 0.25) is 0 Å². The van der Waals surface area contributed by atoms with Crippen molar-refractivity contribution >= 4 is 17.1 Å². The van der Waals surface area contributed by atoms with Gasteiger partial charge in [0.05, 0.1) is 4.88 Å². The maximum Gasteiger partial charge on any atom is 0.173 e. The lowest BCUT2D eigenvalue weighted by atomic mass is 9.85. The first kappa shape index (κ1) is 11.8. The number of hydrogen-bond donors (Lipinski definition) is 0. The lowest BCUT2D eigenvalue weighted by molar-refractivity contribution is 0.0954. The molecule has 2 rings (SSSR count). The third kappa shape index (κ3) is 2.94. The molecule has 1 heterocycles. The van der Waals surface area contributed by atoms with Crippen molar-refractivity contribution in [3.8, 4) is 0 Å². The summed E-state index contributed by atoms with van der Waals surface area (Å²) in [6, 6.07) is 4.10. The standard InChI is InChI=1S/C14H20OS/c1-2-12-8-9-14(16-12)13(15)10-11-6-4-3-5-7-11/h8-9,11H,2-7,10H2,1H3. The van der Waals surface area contributed by atoms with Crippen LogP contribution in [0.1, 0.15) is 60.0 Å². The number of rotatable bonds is 4. The number of aryl methyl sites for hydroxylation is 1. The van der Waals surface area contributed by atoms with Crippen molar-refractivity contribution in [1.82, 2.24) is 0 Å². The monoisotopic (exact) mass is 236 g/mol. The fraction of sp³-hybridized carbons (Fsp3) is 0.643. The summed E-state index contributed by atoms with van der Waals surface area (Å²) in [4.78, 5) is 14.4. The molecule has 0 N–H and O–H groups in total.